The number of nitrogens with one attached hydrogen (secondary N) is 1. The van der Waals surface area contributed by atoms with Gasteiger partial charge in [0.15, 0.2) is 0 Å². The SMILES string of the molecule is CCOc1ccccc1N(CC(=O)N(Cc1cccc(C)c1)C(CC)C(=O)NC(C)C)S(=O)(=O)c1ccc(C)cc1. The summed E-state index contributed by atoms with van der Waals surface area (Å²) in [5.74, 6) is -0.446. The highest BCUT2D eigenvalue weighted by Crippen LogP contribution is 2.33. The predicted octanol–water partition coefficient (Wildman–Crippen LogP) is 5.23. The summed E-state index contributed by atoms with van der Waals surface area (Å²) in [4.78, 5) is 29.0. The van der Waals surface area contributed by atoms with Crippen LogP contribution in [0.3, 0.4) is 0 Å². The summed E-state index contributed by atoms with van der Waals surface area (Å²) >= 11 is 0. The maximum Gasteiger partial charge on any atom is 0.264 e. The first-order valence-electron chi connectivity index (χ1n) is 13.9. The van der Waals surface area contributed by atoms with Crippen LogP contribution in [-0.4, -0.2) is 50.4 Å². The third-order valence-corrected chi connectivity index (χ3v) is 8.35. The van der Waals surface area contributed by atoms with E-state index in [0.717, 1.165) is 21.0 Å². The molecular formula is C32H41N3O5S. The molecule has 1 atom stereocenters. The number of anilines is 1. The summed E-state index contributed by atoms with van der Waals surface area (Å²) in [7, 11) is -4.19. The number of benzene rings is 3. The highest BCUT2D eigenvalue weighted by Gasteiger charge is 2.34. The Labute approximate surface area is 244 Å². The van der Waals surface area contributed by atoms with E-state index in [1.807, 2.05) is 65.8 Å². The number of ether oxygens (including phenoxy) is 1. The van der Waals surface area contributed by atoms with Crippen LogP contribution >= 0.6 is 0 Å². The highest BCUT2D eigenvalue weighted by atomic mass is 32.2. The molecule has 3 aromatic carbocycles. The zero-order valence-electron chi connectivity index (χ0n) is 24.8. The first-order valence-corrected chi connectivity index (χ1v) is 15.4. The van der Waals surface area contributed by atoms with E-state index in [9.17, 15) is 18.0 Å². The molecule has 0 spiro atoms. The average molecular weight is 580 g/mol. The number of aryl methyl sites for hydroxylation is 2. The van der Waals surface area contributed by atoms with Crippen molar-refractivity contribution < 1.29 is 22.7 Å². The van der Waals surface area contributed by atoms with Gasteiger partial charge in [0.05, 0.1) is 17.2 Å². The maximum atomic E-state index is 14.2. The lowest BCUT2D eigenvalue weighted by Crippen LogP contribution is -2.53. The van der Waals surface area contributed by atoms with Gasteiger partial charge in [-0.3, -0.25) is 13.9 Å². The Balaban J connectivity index is 2.12. The van der Waals surface area contributed by atoms with Crippen LogP contribution in [0.15, 0.2) is 77.7 Å². The van der Waals surface area contributed by atoms with Gasteiger partial charge in [0.2, 0.25) is 11.8 Å². The van der Waals surface area contributed by atoms with E-state index in [-0.39, 0.29) is 29.1 Å². The third-order valence-electron chi connectivity index (χ3n) is 6.57. The largest absolute Gasteiger partial charge is 0.492 e. The van der Waals surface area contributed by atoms with Crippen molar-refractivity contribution in [3.05, 3.63) is 89.5 Å². The number of hydrogen-bond acceptors (Lipinski definition) is 5. The number of sulfonamides is 1. The first-order chi connectivity index (χ1) is 19.5. The van der Waals surface area contributed by atoms with Crippen molar-refractivity contribution >= 4 is 27.5 Å². The van der Waals surface area contributed by atoms with Gasteiger partial charge in [-0.1, -0.05) is 66.6 Å². The predicted molar refractivity (Wildman–Crippen MR) is 162 cm³/mol. The molecule has 2 amide bonds. The number of para-hydroxylation sites is 2. The van der Waals surface area contributed by atoms with E-state index in [1.54, 1.807) is 36.4 Å². The lowest BCUT2D eigenvalue weighted by molar-refractivity contribution is -0.140. The monoisotopic (exact) mass is 579 g/mol. The molecule has 1 unspecified atom stereocenters. The van der Waals surface area contributed by atoms with Crippen molar-refractivity contribution in [3.8, 4) is 5.75 Å². The summed E-state index contributed by atoms with van der Waals surface area (Å²) in [6, 6.07) is 20.0. The first kappa shape index (κ1) is 31.7. The number of carbonyl (C=O) groups excluding carboxylic acids is 2. The second-order valence-corrected chi connectivity index (χ2v) is 12.2. The quantitative estimate of drug-likeness (QED) is 0.299. The van der Waals surface area contributed by atoms with Crippen molar-refractivity contribution in [1.29, 1.82) is 0 Å². The Bertz CT molecular complexity index is 1440. The van der Waals surface area contributed by atoms with E-state index >= 15 is 0 Å². The fourth-order valence-corrected chi connectivity index (χ4v) is 6.02. The molecule has 220 valence electrons. The van der Waals surface area contributed by atoms with Gasteiger partial charge in [0, 0.05) is 12.6 Å². The number of rotatable bonds is 13. The maximum absolute atomic E-state index is 14.2. The Morgan fingerprint density at radius 2 is 1.59 bits per heavy atom. The topological polar surface area (TPSA) is 96.0 Å². The van der Waals surface area contributed by atoms with Crippen LogP contribution < -0.4 is 14.4 Å². The molecule has 3 aromatic rings. The van der Waals surface area contributed by atoms with Gasteiger partial charge < -0.3 is 15.0 Å². The lowest BCUT2D eigenvalue weighted by Gasteiger charge is -2.34. The van der Waals surface area contributed by atoms with Gasteiger partial charge >= 0.3 is 0 Å². The molecule has 0 heterocycles. The molecule has 41 heavy (non-hydrogen) atoms. The van der Waals surface area contributed by atoms with Crippen molar-refractivity contribution in [2.24, 2.45) is 0 Å². The second kappa shape index (κ2) is 14.2. The average Bonchev–Trinajstić information content (AvgIpc) is 2.92. The molecule has 0 aliphatic carbocycles. The summed E-state index contributed by atoms with van der Waals surface area (Å²) in [6.07, 6.45) is 0.357. The minimum absolute atomic E-state index is 0.0528. The van der Waals surface area contributed by atoms with Crippen molar-refractivity contribution in [2.45, 2.75) is 71.5 Å². The summed E-state index contributed by atoms with van der Waals surface area (Å²) < 4.78 is 35.1. The van der Waals surface area contributed by atoms with Crippen LogP contribution in [0, 0.1) is 13.8 Å². The van der Waals surface area contributed by atoms with E-state index in [4.69, 9.17) is 4.74 Å². The van der Waals surface area contributed by atoms with Crippen LogP contribution in [0.2, 0.25) is 0 Å². The van der Waals surface area contributed by atoms with Gasteiger partial charge in [0.25, 0.3) is 10.0 Å². The fourth-order valence-electron chi connectivity index (χ4n) is 4.60. The van der Waals surface area contributed by atoms with Crippen LogP contribution in [0.25, 0.3) is 0 Å². The van der Waals surface area contributed by atoms with E-state index in [2.05, 4.69) is 5.32 Å². The molecule has 0 radical (unpaired) electrons. The molecular weight excluding hydrogens is 538 g/mol. The number of nitrogens with zero attached hydrogens (tertiary/aromatic N) is 2. The lowest BCUT2D eigenvalue weighted by atomic mass is 10.1. The third kappa shape index (κ3) is 8.10. The van der Waals surface area contributed by atoms with Crippen LogP contribution in [0.4, 0.5) is 5.69 Å². The molecule has 0 saturated carbocycles. The van der Waals surface area contributed by atoms with Crippen LogP contribution in [0.1, 0.15) is 50.8 Å². The molecule has 0 saturated heterocycles. The van der Waals surface area contributed by atoms with Crippen molar-refractivity contribution in [1.82, 2.24) is 10.2 Å². The smallest absolute Gasteiger partial charge is 0.264 e. The molecule has 3 rings (SSSR count). The van der Waals surface area contributed by atoms with Gasteiger partial charge in [-0.2, -0.15) is 0 Å². The zero-order valence-corrected chi connectivity index (χ0v) is 25.6. The molecule has 0 aliphatic rings. The Kier molecular flexibility index (Phi) is 10.9. The molecule has 0 aliphatic heterocycles. The van der Waals surface area contributed by atoms with Gasteiger partial charge in [-0.15, -0.1) is 0 Å². The van der Waals surface area contributed by atoms with Gasteiger partial charge in [-0.05, 0) is 70.9 Å². The van der Waals surface area contributed by atoms with Crippen LogP contribution in [0.5, 0.6) is 5.75 Å². The molecule has 9 heteroatoms. The Hall–Kier alpha value is -3.85. The summed E-state index contributed by atoms with van der Waals surface area (Å²) in [5.41, 5.74) is 3.02. The fraction of sp³-hybridized carbons (Fsp3) is 0.375. The molecule has 1 N–H and O–H groups in total. The van der Waals surface area contributed by atoms with E-state index in [1.165, 1.54) is 17.0 Å². The minimum Gasteiger partial charge on any atom is -0.492 e. The molecule has 0 fully saturated rings. The Morgan fingerprint density at radius 3 is 2.20 bits per heavy atom. The van der Waals surface area contributed by atoms with Gasteiger partial charge in [0.1, 0.15) is 18.3 Å². The van der Waals surface area contributed by atoms with Crippen molar-refractivity contribution in [3.63, 3.8) is 0 Å². The standard InChI is InChI=1S/C32H41N3O5S/c1-7-28(32(37)33-23(3)4)34(21-26-13-11-12-25(6)20-26)31(36)22-35(29-14-9-10-15-30(29)40-8-2)41(38,39)27-18-16-24(5)17-19-27/h9-20,23,28H,7-8,21-22H2,1-6H3,(H,33,37). The minimum atomic E-state index is -4.19. The Morgan fingerprint density at radius 1 is 0.902 bits per heavy atom. The molecule has 8 nitrogen and oxygen atoms in total. The van der Waals surface area contributed by atoms with E-state index < -0.39 is 28.5 Å². The summed E-state index contributed by atoms with van der Waals surface area (Å²) in [5, 5.41) is 2.91. The number of amides is 2. The normalized spacial score (nSPS) is 12.1. The van der Waals surface area contributed by atoms with Gasteiger partial charge in [-0.25, -0.2) is 8.42 Å². The highest BCUT2D eigenvalue weighted by molar-refractivity contribution is 7.92. The van der Waals surface area contributed by atoms with Crippen molar-refractivity contribution in [2.75, 3.05) is 17.5 Å². The molecule has 0 bridgehead atoms. The second-order valence-electron chi connectivity index (χ2n) is 10.3. The molecule has 0 aromatic heterocycles. The number of carbonyl (C=O) groups is 2. The summed E-state index contributed by atoms with van der Waals surface area (Å²) in [6.45, 7) is 11.1. The number of hydrogen-bond donors (Lipinski definition) is 1. The van der Waals surface area contributed by atoms with Crippen LogP contribution in [-0.2, 0) is 26.2 Å². The zero-order chi connectivity index (χ0) is 30.2. The van der Waals surface area contributed by atoms with E-state index in [0.29, 0.717) is 18.8 Å².